The van der Waals surface area contributed by atoms with Crippen LogP contribution in [0.1, 0.15) is 38.2 Å². The molecule has 1 fully saturated rings. The zero-order chi connectivity index (χ0) is 13.2. The summed E-state index contributed by atoms with van der Waals surface area (Å²) in [4.78, 5) is 14.1. The molecule has 0 atom stereocenters. The molecule has 1 aromatic rings. The first-order chi connectivity index (χ1) is 8.60. The van der Waals surface area contributed by atoms with Gasteiger partial charge in [-0.2, -0.15) is 5.26 Å². The highest BCUT2D eigenvalue weighted by molar-refractivity contribution is 5.57. The third-order valence-corrected chi connectivity index (χ3v) is 3.58. The van der Waals surface area contributed by atoms with Crippen LogP contribution in [0.25, 0.3) is 0 Å². The van der Waals surface area contributed by atoms with Crippen LogP contribution in [-0.2, 0) is 0 Å². The maximum atomic E-state index is 10.6. The summed E-state index contributed by atoms with van der Waals surface area (Å²) in [6.45, 7) is 2.09. The minimum absolute atomic E-state index is 0.00866. The van der Waals surface area contributed by atoms with Crippen molar-refractivity contribution in [1.82, 2.24) is 4.98 Å². The molecule has 0 radical (unpaired) electrons. The molecule has 1 aromatic heterocycles. The Morgan fingerprint density at radius 3 is 2.83 bits per heavy atom. The first kappa shape index (κ1) is 12.3. The van der Waals surface area contributed by atoms with Crippen LogP contribution < -0.4 is 5.32 Å². The number of hydrogen-bond donors (Lipinski definition) is 1. The van der Waals surface area contributed by atoms with Crippen LogP contribution in [0, 0.1) is 21.4 Å². The monoisotopic (exact) mass is 246 g/mol. The highest BCUT2D eigenvalue weighted by Gasteiger charge is 2.35. The van der Waals surface area contributed by atoms with Crippen molar-refractivity contribution in [3.63, 3.8) is 0 Å². The number of rotatable bonds is 4. The summed E-state index contributed by atoms with van der Waals surface area (Å²) in [5.74, 6) is 0.449. The average Bonchev–Trinajstić information content (AvgIpc) is 2.33. The van der Waals surface area contributed by atoms with Crippen molar-refractivity contribution in [1.29, 1.82) is 5.26 Å². The number of nitriles is 1. The zero-order valence-corrected chi connectivity index (χ0v) is 10.1. The molecule has 0 saturated heterocycles. The Hall–Kier alpha value is -2.16. The van der Waals surface area contributed by atoms with Gasteiger partial charge in [0.1, 0.15) is 23.6 Å². The van der Waals surface area contributed by atoms with Crippen molar-refractivity contribution in [2.75, 3.05) is 5.32 Å². The van der Waals surface area contributed by atoms with Gasteiger partial charge < -0.3 is 5.32 Å². The Morgan fingerprint density at radius 2 is 2.39 bits per heavy atom. The quantitative estimate of drug-likeness (QED) is 0.651. The molecule has 0 unspecified atom stereocenters. The van der Waals surface area contributed by atoms with E-state index in [1.54, 1.807) is 0 Å². The van der Waals surface area contributed by atoms with Gasteiger partial charge in [-0.05, 0) is 25.7 Å². The fourth-order valence-electron chi connectivity index (χ4n) is 2.16. The number of nitrogens with zero attached hydrogens (tertiary/aromatic N) is 3. The van der Waals surface area contributed by atoms with Gasteiger partial charge in [-0.1, -0.05) is 6.92 Å². The van der Waals surface area contributed by atoms with E-state index in [0.29, 0.717) is 5.82 Å². The van der Waals surface area contributed by atoms with E-state index in [-0.39, 0.29) is 16.8 Å². The zero-order valence-electron chi connectivity index (χ0n) is 10.1. The van der Waals surface area contributed by atoms with E-state index in [1.807, 2.05) is 6.07 Å². The van der Waals surface area contributed by atoms with Crippen LogP contribution in [0.4, 0.5) is 11.5 Å². The molecular formula is C12H14N4O2. The average molecular weight is 246 g/mol. The largest absolute Gasteiger partial charge is 0.364 e. The number of anilines is 1. The van der Waals surface area contributed by atoms with Crippen LogP contribution >= 0.6 is 0 Å². The smallest absolute Gasteiger partial charge is 0.289 e. The van der Waals surface area contributed by atoms with Crippen molar-refractivity contribution in [2.45, 2.75) is 38.1 Å². The Morgan fingerprint density at radius 1 is 1.67 bits per heavy atom. The number of pyridine rings is 1. The lowest BCUT2D eigenvalue weighted by Crippen LogP contribution is -2.44. The predicted octanol–water partition coefficient (Wildman–Crippen LogP) is 2.61. The molecule has 2 rings (SSSR count). The molecule has 0 aliphatic heterocycles. The lowest BCUT2D eigenvalue weighted by molar-refractivity contribution is -0.385. The number of hydrogen-bond acceptors (Lipinski definition) is 5. The van der Waals surface area contributed by atoms with Gasteiger partial charge >= 0.3 is 0 Å². The van der Waals surface area contributed by atoms with Crippen molar-refractivity contribution in [3.8, 4) is 6.07 Å². The van der Waals surface area contributed by atoms with Crippen LogP contribution in [-0.4, -0.2) is 15.4 Å². The minimum Gasteiger partial charge on any atom is -0.364 e. The van der Waals surface area contributed by atoms with Crippen molar-refractivity contribution in [3.05, 3.63) is 27.9 Å². The molecule has 1 aliphatic rings. The Kier molecular flexibility index (Phi) is 3.15. The van der Waals surface area contributed by atoms with Crippen molar-refractivity contribution < 1.29 is 4.92 Å². The molecule has 94 valence electrons. The second-order valence-corrected chi connectivity index (χ2v) is 4.57. The molecule has 6 heteroatoms. The van der Waals surface area contributed by atoms with Gasteiger partial charge in [0.05, 0.1) is 4.92 Å². The molecule has 1 aliphatic carbocycles. The van der Waals surface area contributed by atoms with Crippen LogP contribution in [0.2, 0.25) is 0 Å². The highest BCUT2D eigenvalue weighted by Crippen LogP contribution is 2.38. The summed E-state index contributed by atoms with van der Waals surface area (Å²) >= 11 is 0. The molecule has 1 N–H and O–H groups in total. The second-order valence-electron chi connectivity index (χ2n) is 4.57. The molecule has 1 saturated carbocycles. The number of nitrogens with one attached hydrogen (secondary N) is 1. The van der Waals surface area contributed by atoms with Gasteiger partial charge in [0.25, 0.3) is 5.69 Å². The molecule has 1 heterocycles. The molecule has 0 spiro atoms. The molecule has 18 heavy (non-hydrogen) atoms. The topological polar surface area (TPSA) is 91.8 Å². The summed E-state index contributed by atoms with van der Waals surface area (Å²) in [5, 5.41) is 22.9. The van der Waals surface area contributed by atoms with Crippen LogP contribution in [0.5, 0.6) is 0 Å². The van der Waals surface area contributed by atoms with E-state index in [1.165, 1.54) is 12.3 Å². The Labute approximate surface area is 105 Å². The fraction of sp³-hybridized carbons (Fsp3) is 0.500. The van der Waals surface area contributed by atoms with Gasteiger partial charge in [0.2, 0.25) is 0 Å². The summed E-state index contributed by atoms with van der Waals surface area (Å²) < 4.78 is 0. The molecule has 0 bridgehead atoms. The molecule has 0 amide bonds. The van der Waals surface area contributed by atoms with Gasteiger partial charge in [-0.25, -0.2) is 4.98 Å². The summed E-state index contributed by atoms with van der Waals surface area (Å²) in [6, 6.07) is 3.22. The lowest BCUT2D eigenvalue weighted by atomic mass is 9.75. The second kappa shape index (κ2) is 4.61. The first-order valence-electron chi connectivity index (χ1n) is 5.93. The maximum Gasteiger partial charge on any atom is 0.289 e. The fourth-order valence-corrected chi connectivity index (χ4v) is 2.16. The van der Waals surface area contributed by atoms with E-state index in [0.717, 1.165) is 25.7 Å². The van der Waals surface area contributed by atoms with Crippen LogP contribution in [0.15, 0.2) is 12.3 Å². The summed E-state index contributed by atoms with van der Waals surface area (Å²) in [5.41, 5.74) is 0.0783. The third kappa shape index (κ3) is 2.12. The van der Waals surface area contributed by atoms with Crippen molar-refractivity contribution >= 4 is 11.5 Å². The molecule has 0 aromatic carbocycles. The van der Waals surface area contributed by atoms with E-state index in [2.05, 4.69) is 17.2 Å². The van der Waals surface area contributed by atoms with E-state index in [9.17, 15) is 10.1 Å². The first-order valence-corrected chi connectivity index (χ1v) is 5.93. The van der Waals surface area contributed by atoms with Gasteiger partial charge in [0.15, 0.2) is 0 Å². The third-order valence-electron chi connectivity index (χ3n) is 3.58. The molecule has 6 nitrogen and oxygen atoms in total. The summed E-state index contributed by atoms with van der Waals surface area (Å²) in [7, 11) is 0. The standard InChI is InChI=1S/C12H14N4O2/c1-2-12(4-3-5-12)15-11-9(7-13)6-10(8-14-11)16(17)18/h6,8H,2-5H2,1H3,(H,14,15). The SMILES string of the molecule is CCC1(Nc2ncc([N+](=O)[O-])cc2C#N)CCC1. The lowest BCUT2D eigenvalue weighted by Gasteiger charge is -2.42. The molecular weight excluding hydrogens is 232 g/mol. The summed E-state index contributed by atoms with van der Waals surface area (Å²) in [6.07, 6.45) is 5.40. The Bertz CT molecular complexity index is 512. The van der Waals surface area contributed by atoms with E-state index < -0.39 is 4.92 Å². The predicted molar refractivity (Wildman–Crippen MR) is 66.1 cm³/mol. The number of aromatic nitrogens is 1. The van der Waals surface area contributed by atoms with Gasteiger partial charge in [-0.15, -0.1) is 0 Å². The van der Waals surface area contributed by atoms with E-state index in [4.69, 9.17) is 5.26 Å². The van der Waals surface area contributed by atoms with Gasteiger partial charge in [-0.3, -0.25) is 10.1 Å². The Balaban J connectivity index is 2.28. The van der Waals surface area contributed by atoms with E-state index >= 15 is 0 Å². The highest BCUT2D eigenvalue weighted by atomic mass is 16.6. The minimum atomic E-state index is -0.545. The van der Waals surface area contributed by atoms with Crippen LogP contribution in [0.3, 0.4) is 0 Å². The van der Waals surface area contributed by atoms with Gasteiger partial charge in [0, 0.05) is 11.6 Å². The van der Waals surface area contributed by atoms with Crippen molar-refractivity contribution in [2.24, 2.45) is 0 Å². The maximum absolute atomic E-state index is 10.6. The normalized spacial score (nSPS) is 16.4. The number of nitro groups is 1.